The first kappa shape index (κ1) is 25.1. The molecule has 0 bridgehead atoms. The average Bonchev–Trinajstić information content (AvgIpc) is 3.29. The molecule has 8 heteroatoms. The molecule has 0 atom stereocenters. The Bertz CT molecular complexity index is 1120. The van der Waals surface area contributed by atoms with Crippen LogP contribution in [0.3, 0.4) is 0 Å². The van der Waals surface area contributed by atoms with Gasteiger partial charge in [-0.2, -0.15) is 5.26 Å². The summed E-state index contributed by atoms with van der Waals surface area (Å²) in [6.07, 6.45) is 7.39. The molecule has 176 valence electrons. The van der Waals surface area contributed by atoms with E-state index in [9.17, 15) is 20.0 Å². The molecular formula is C25H28Cl2N2O4. The van der Waals surface area contributed by atoms with E-state index in [1.165, 1.54) is 23.6 Å². The van der Waals surface area contributed by atoms with Crippen LogP contribution in [0.2, 0.25) is 10.0 Å². The van der Waals surface area contributed by atoms with E-state index < -0.39 is 17.2 Å². The number of benzene rings is 1. The van der Waals surface area contributed by atoms with Crippen LogP contribution in [-0.2, 0) is 0 Å². The third-order valence-corrected chi connectivity index (χ3v) is 6.73. The highest BCUT2D eigenvalue weighted by atomic mass is 35.5. The van der Waals surface area contributed by atoms with Gasteiger partial charge in [0.1, 0.15) is 11.6 Å². The van der Waals surface area contributed by atoms with E-state index in [4.69, 9.17) is 27.9 Å². The van der Waals surface area contributed by atoms with E-state index in [-0.39, 0.29) is 38.3 Å². The number of halogens is 2. The van der Waals surface area contributed by atoms with Crippen molar-refractivity contribution in [1.82, 2.24) is 4.57 Å². The molecule has 1 N–H and O–H groups in total. The molecule has 0 spiro atoms. The Morgan fingerprint density at radius 2 is 1.85 bits per heavy atom. The molecule has 1 aromatic heterocycles. The Labute approximate surface area is 203 Å². The Morgan fingerprint density at radius 1 is 1.21 bits per heavy atom. The standard InChI is InChI=1S/C25H28Cl2N2O4/c1-3-4-5-8-11-33-23-19(26)12-16(13-20(23)27)22(30)21-15(2)18(14-28)24(31)29(25(21)32)17-9-6-7-10-17/h12-13,17,32H,3-11H2,1-2H3. The average molecular weight is 491 g/mol. The molecule has 1 saturated carbocycles. The van der Waals surface area contributed by atoms with Crippen LogP contribution in [0.5, 0.6) is 11.6 Å². The van der Waals surface area contributed by atoms with Gasteiger partial charge in [0.2, 0.25) is 5.88 Å². The van der Waals surface area contributed by atoms with Crippen LogP contribution >= 0.6 is 23.2 Å². The van der Waals surface area contributed by atoms with Gasteiger partial charge in [-0.25, -0.2) is 0 Å². The number of hydrogen-bond donors (Lipinski definition) is 1. The van der Waals surface area contributed by atoms with Crippen molar-refractivity contribution in [3.05, 3.63) is 54.8 Å². The van der Waals surface area contributed by atoms with E-state index >= 15 is 0 Å². The van der Waals surface area contributed by atoms with Gasteiger partial charge in [-0.15, -0.1) is 0 Å². The largest absolute Gasteiger partial charge is 0.494 e. The zero-order valence-electron chi connectivity index (χ0n) is 18.9. The van der Waals surface area contributed by atoms with Crippen molar-refractivity contribution in [3.63, 3.8) is 0 Å². The lowest BCUT2D eigenvalue weighted by atomic mass is 9.96. The van der Waals surface area contributed by atoms with Crippen LogP contribution < -0.4 is 10.3 Å². The summed E-state index contributed by atoms with van der Waals surface area (Å²) in [5.41, 5.74) is -0.519. The Kier molecular flexibility index (Phi) is 8.45. The monoisotopic (exact) mass is 490 g/mol. The maximum absolute atomic E-state index is 13.4. The number of carbonyl (C=O) groups is 1. The molecule has 1 aromatic carbocycles. The number of ketones is 1. The maximum Gasteiger partial charge on any atom is 0.271 e. The highest BCUT2D eigenvalue weighted by molar-refractivity contribution is 6.38. The first-order chi connectivity index (χ1) is 15.8. The molecule has 0 amide bonds. The molecule has 1 heterocycles. The summed E-state index contributed by atoms with van der Waals surface area (Å²) in [6.45, 7) is 4.08. The van der Waals surface area contributed by atoms with Crippen molar-refractivity contribution in [3.8, 4) is 17.7 Å². The highest BCUT2D eigenvalue weighted by Gasteiger charge is 2.30. The number of carbonyl (C=O) groups excluding carboxylic acids is 1. The number of aromatic nitrogens is 1. The van der Waals surface area contributed by atoms with Crippen LogP contribution in [0.15, 0.2) is 16.9 Å². The lowest BCUT2D eigenvalue weighted by Crippen LogP contribution is -2.29. The number of ether oxygens (including phenoxy) is 1. The van der Waals surface area contributed by atoms with Crippen molar-refractivity contribution in [2.75, 3.05) is 6.61 Å². The second-order valence-electron chi connectivity index (χ2n) is 8.43. The SMILES string of the molecule is CCCCCCOc1c(Cl)cc(C(=O)c2c(C)c(C#N)c(=O)n(C3CCCC3)c2O)cc1Cl. The van der Waals surface area contributed by atoms with Gasteiger partial charge >= 0.3 is 0 Å². The predicted octanol–water partition coefficient (Wildman–Crippen LogP) is 6.35. The molecule has 33 heavy (non-hydrogen) atoms. The topological polar surface area (TPSA) is 92.3 Å². The summed E-state index contributed by atoms with van der Waals surface area (Å²) in [7, 11) is 0. The first-order valence-electron chi connectivity index (χ1n) is 11.4. The molecular weight excluding hydrogens is 463 g/mol. The lowest BCUT2D eigenvalue weighted by molar-refractivity contribution is 0.103. The summed E-state index contributed by atoms with van der Waals surface area (Å²) in [4.78, 5) is 26.3. The second kappa shape index (κ2) is 11.1. The number of hydrogen-bond acceptors (Lipinski definition) is 5. The molecule has 2 aromatic rings. The van der Waals surface area contributed by atoms with E-state index in [0.717, 1.165) is 38.5 Å². The fourth-order valence-corrected chi connectivity index (χ4v) is 4.97. The number of unbranched alkanes of at least 4 members (excludes halogenated alkanes) is 3. The summed E-state index contributed by atoms with van der Waals surface area (Å²) < 4.78 is 6.93. The number of aromatic hydroxyl groups is 1. The minimum Gasteiger partial charge on any atom is -0.494 e. The Hall–Kier alpha value is -2.49. The first-order valence-corrected chi connectivity index (χ1v) is 12.1. The molecule has 0 unspecified atom stereocenters. The van der Waals surface area contributed by atoms with Gasteiger partial charge in [0.05, 0.1) is 22.2 Å². The molecule has 1 aliphatic carbocycles. The number of rotatable bonds is 9. The van der Waals surface area contributed by atoms with Crippen molar-refractivity contribution in [1.29, 1.82) is 5.26 Å². The van der Waals surface area contributed by atoms with E-state index in [2.05, 4.69) is 6.92 Å². The van der Waals surface area contributed by atoms with Gasteiger partial charge in [0.25, 0.3) is 5.56 Å². The zero-order chi connectivity index (χ0) is 24.1. The minimum absolute atomic E-state index is 0.0848. The van der Waals surface area contributed by atoms with Crippen molar-refractivity contribution >= 4 is 29.0 Å². The normalized spacial score (nSPS) is 13.8. The van der Waals surface area contributed by atoms with Crippen molar-refractivity contribution in [2.45, 2.75) is 71.3 Å². The third-order valence-electron chi connectivity index (χ3n) is 6.17. The van der Waals surface area contributed by atoms with Gasteiger partial charge in [0, 0.05) is 11.6 Å². The maximum atomic E-state index is 13.4. The van der Waals surface area contributed by atoms with Crippen LogP contribution in [-0.4, -0.2) is 22.1 Å². The highest BCUT2D eigenvalue weighted by Crippen LogP contribution is 2.38. The van der Waals surface area contributed by atoms with Gasteiger partial charge in [-0.3, -0.25) is 14.2 Å². The van der Waals surface area contributed by atoms with Crippen molar-refractivity contribution < 1.29 is 14.6 Å². The Balaban J connectivity index is 1.99. The van der Waals surface area contributed by atoms with Crippen LogP contribution in [0, 0.1) is 18.3 Å². The molecule has 0 aliphatic heterocycles. The van der Waals surface area contributed by atoms with E-state index in [0.29, 0.717) is 25.2 Å². The molecule has 1 aliphatic rings. The number of nitrogens with zero attached hydrogens (tertiary/aromatic N) is 2. The van der Waals surface area contributed by atoms with E-state index in [1.807, 2.05) is 6.07 Å². The van der Waals surface area contributed by atoms with Gasteiger partial charge < -0.3 is 9.84 Å². The zero-order valence-corrected chi connectivity index (χ0v) is 20.4. The molecule has 3 rings (SSSR count). The fraction of sp³-hybridized carbons (Fsp3) is 0.480. The molecule has 6 nitrogen and oxygen atoms in total. The van der Waals surface area contributed by atoms with Crippen LogP contribution in [0.4, 0.5) is 0 Å². The smallest absolute Gasteiger partial charge is 0.271 e. The molecule has 1 fully saturated rings. The van der Waals surface area contributed by atoms with Crippen LogP contribution in [0.25, 0.3) is 0 Å². The summed E-state index contributed by atoms with van der Waals surface area (Å²) >= 11 is 12.7. The van der Waals surface area contributed by atoms with Gasteiger partial charge in [-0.05, 0) is 43.9 Å². The number of pyridine rings is 1. The predicted molar refractivity (Wildman–Crippen MR) is 129 cm³/mol. The lowest BCUT2D eigenvalue weighted by Gasteiger charge is -2.20. The van der Waals surface area contributed by atoms with Gasteiger partial charge in [0.15, 0.2) is 11.5 Å². The van der Waals surface area contributed by atoms with Crippen LogP contribution in [0.1, 0.15) is 91.4 Å². The molecule has 0 radical (unpaired) electrons. The second-order valence-corrected chi connectivity index (χ2v) is 9.25. The molecule has 0 saturated heterocycles. The van der Waals surface area contributed by atoms with E-state index in [1.54, 1.807) is 0 Å². The quantitative estimate of drug-likeness (QED) is 0.326. The summed E-state index contributed by atoms with van der Waals surface area (Å²) in [5.74, 6) is -0.676. The Morgan fingerprint density at radius 3 is 2.42 bits per heavy atom. The minimum atomic E-state index is -0.571. The fourth-order valence-electron chi connectivity index (χ4n) is 4.37. The van der Waals surface area contributed by atoms with Crippen molar-refractivity contribution in [2.24, 2.45) is 0 Å². The third kappa shape index (κ3) is 5.20. The number of nitriles is 1. The summed E-state index contributed by atoms with van der Waals surface area (Å²) in [5, 5.41) is 20.9. The van der Waals surface area contributed by atoms with Gasteiger partial charge in [-0.1, -0.05) is 62.2 Å². The summed E-state index contributed by atoms with van der Waals surface area (Å²) in [6, 6.07) is 4.53.